The molecular weight excluding hydrogens is 489 g/mol. The minimum Gasteiger partial charge on any atom is -0.406 e. The van der Waals surface area contributed by atoms with E-state index in [4.69, 9.17) is 0 Å². The van der Waals surface area contributed by atoms with Crippen LogP contribution >= 0.6 is 0 Å². The van der Waals surface area contributed by atoms with Crippen molar-refractivity contribution < 1.29 is 36.3 Å². The molecule has 8 nitrogen and oxygen atoms in total. The summed E-state index contributed by atoms with van der Waals surface area (Å²) in [6, 6.07) is 4.40. The predicted octanol–water partition coefficient (Wildman–Crippen LogP) is 4.19. The van der Waals surface area contributed by atoms with E-state index < -0.39 is 42.9 Å². The minimum atomic E-state index is -4.88. The van der Waals surface area contributed by atoms with E-state index in [1.165, 1.54) is 12.1 Å². The maximum Gasteiger partial charge on any atom is 0.573 e. The van der Waals surface area contributed by atoms with Crippen LogP contribution in [-0.4, -0.2) is 58.1 Å². The molecule has 2 aromatic heterocycles. The normalized spacial score (nSPS) is 19.5. The van der Waals surface area contributed by atoms with Gasteiger partial charge >= 0.3 is 6.36 Å². The van der Waals surface area contributed by atoms with Crippen LogP contribution in [0.15, 0.2) is 30.5 Å². The number of hydrogen-bond acceptors (Lipinski definition) is 6. The van der Waals surface area contributed by atoms with E-state index in [2.05, 4.69) is 25.3 Å². The quantitative estimate of drug-likeness (QED) is 0.539. The molecular formula is C23H24F5N5O3. The number of carbonyl (C=O) groups excluding carboxylic acids is 2. The molecule has 1 saturated carbocycles. The molecule has 2 aromatic rings. The second-order valence-electron chi connectivity index (χ2n) is 8.91. The Hall–Kier alpha value is -3.51. The van der Waals surface area contributed by atoms with Crippen LogP contribution in [0, 0.1) is 12.8 Å². The maximum atomic E-state index is 14.2. The van der Waals surface area contributed by atoms with Gasteiger partial charge in [0.1, 0.15) is 23.1 Å². The summed E-state index contributed by atoms with van der Waals surface area (Å²) in [6.07, 6.45) is -2.60. The Morgan fingerprint density at radius 2 is 1.92 bits per heavy atom. The van der Waals surface area contributed by atoms with Gasteiger partial charge in [0.15, 0.2) is 0 Å². The van der Waals surface area contributed by atoms with Crippen LogP contribution in [-0.2, 0) is 4.79 Å². The third-order valence-corrected chi connectivity index (χ3v) is 5.93. The number of alkyl halides is 5. The fraction of sp³-hybridized carbons (Fsp3) is 0.478. The molecule has 36 heavy (non-hydrogen) atoms. The number of aromatic nitrogens is 2. The van der Waals surface area contributed by atoms with E-state index in [1.807, 2.05) is 0 Å². The van der Waals surface area contributed by atoms with E-state index >= 15 is 0 Å². The number of likely N-dealkylation sites (tertiary alicyclic amines) is 1. The number of rotatable bonds is 7. The SMILES string of the molecule is Cc1ccc(Nc2cc(OC(F)(F)F)ccn2)nc1C(=O)N1CC(F)(F)CCC1CNC(=O)C1CC1. The van der Waals surface area contributed by atoms with Gasteiger partial charge in [-0.3, -0.25) is 9.59 Å². The number of hydrogen-bond donors (Lipinski definition) is 2. The highest BCUT2D eigenvalue weighted by Gasteiger charge is 2.43. The van der Waals surface area contributed by atoms with Crippen molar-refractivity contribution >= 4 is 23.5 Å². The average Bonchev–Trinajstić information content (AvgIpc) is 3.63. The Kier molecular flexibility index (Phi) is 7.01. The molecule has 2 amide bonds. The smallest absolute Gasteiger partial charge is 0.406 e. The largest absolute Gasteiger partial charge is 0.573 e. The lowest BCUT2D eigenvalue weighted by molar-refractivity contribution is -0.274. The van der Waals surface area contributed by atoms with Crippen LogP contribution in [0.3, 0.4) is 0 Å². The van der Waals surface area contributed by atoms with Gasteiger partial charge in [-0.1, -0.05) is 6.07 Å². The Bertz CT molecular complexity index is 1140. The molecule has 1 unspecified atom stereocenters. The van der Waals surface area contributed by atoms with Gasteiger partial charge in [-0.05, 0) is 43.9 Å². The van der Waals surface area contributed by atoms with Crippen molar-refractivity contribution in [2.75, 3.05) is 18.4 Å². The van der Waals surface area contributed by atoms with Crippen LogP contribution < -0.4 is 15.4 Å². The van der Waals surface area contributed by atoms with Gasteiger partial charge in [-0.2, -0.15) is 0 Å². The molecule has 4 rings (SSSR count). The van der Waals surface area contributed by atoms with E-state index in [1.54, 1.807) is 6.92 Å². The highest BCUT2D eigenvalue weighted by Crippen LogP contribution is 2.33. The van der Waals surface area contributed by atoms with Gasteiger partial charge in [-0.25, -0.2) is 18.7 Å². The summed E-state index contributed by atoms with van der Waals surface area (Å²) in [7, 11) is 0. The van der Waals surface area contributed by atoms with Crippen molar-refractivity contribution in [2.24, 2.45) is 5.92 Å². The molecule has 2 fully saturated rings. The average molecular weight is 513 g/mol. The summed E-state index contributed by atoms with van der Waals surface area (Å²) < 4.78 is 69.9. The molecule has 1 saturated heterocycles. The standard InChI is InChI=1S/C23H24F5N5O3/c1-13-2-5-17(31-18-10-16(7-9-29-18)36-23(26,27)28)32-19(13)21(35)33-12-22(24,25)8-6-15(33)11-30-20(34)14-3-4-14/h2,5,7,9-10,14-15H,3-4,6,8,11-12H2,1H3,(H,30,34)(H,29,31,32). The van der Waals surface area contributed by atoms with E-state index in [0.29, 0.717) is 5.56 Å². The number of piperidine rings is 1. The Morgan fingerprint density at radius 3 is 2.61 bits per heavy atom. The van der Waals surface area contributed by atoms with Crippen LogP contribution in [0.25, 0.3) is 0 Å². The van der Waals surface area contributed by atoms with Crippen molar-refractivity contribution in [3.63, 3.8) is 0 Å². The summed E-state index contributed by atoms with van der Waals surface area (Å²) in [6.45, 7) is 0.836. The molecule has 0 radical (unpaired) electrons. The highest BCUT2D eigenvalue weighted by molar-refractivity contribution is 5.94. The number of ether oxygens (including phenoxy) is 1. The number of nitrogens with zero attached hydrogens (tertiary/aromatic N) is 3. The summed E-state index contributed by atoms with van der Waals surface area (Å²) in [5.74, 6) is -4.49. The van der Waals surface area contributed by atoms with Crippen molar-refractivity contribution in [2.45, 2.75) is 50.9 Å². The van der Waals surface area contributed by atoms with Gasteiger partial charge in [0, 0.05) is 37.2 Å². The topological polar surface area (TPSA) is 96.4 Å². The summed E-state index contributed by atoms with van der Waals surface area (Å²) in [4.78, 5) is 34.6. The van der Waals surface area contributed by atoms with Crippen molar-refractivity contribution in [3.05, 3.63) is 41.7 Å². The Balaban J connectivity index is 1.52. The maximum absolute atomic E-state index is 14.2. The number of anilines is 2. The predicted molar refractivity (Wildman–Crippen MR) is 118 cm³/mol. The number of carbonyl (C=O) groups is 2. The van der Waals surface area contributed by atoms with E-state index in [9.17, 15) is 31.5 Å². The third-order valence-electron chi connectivity index (χ3n) is 5.93. The molecule has 13 heteroatoms. The van der Waals surface area contributed by atoms with Gasteiger partial charge < -0.3 is 20.3 Å². The van der Waals surface area contributed by atoms with Crippen molar-refractivity contribution in [3.8, 4) is 5.75 Å². The third kappa shape index (κ3) is 6.58. The summed E-state index contributed by atoms with van der Waals surface area (Å²) >= 11 is 0. The number of aryl methyl sites for hydroxylation is 1. The van der Waals surface area contributed by atoms with Crippen LogP contribution in [0.2, 0.25) is 0 Å². The first kappa shape index (κ1) is 25.6. The van der Waals surface area contributed by atoms with Gasteiger partial charge in [-0.15, -0.1) is 13.2 Å². The molecule has 0 aromatic carbocycles. The minimum absolute atomic E-state index is 0.0105. The second-order valence-corrected chi connectivity index (χ2v) is 8.91. The highest BCUT2D eigenvalue weighted by atomic mass is 19.4. The zero-order chi connectivity index (χ0) is 26.1. The lowest BCUT2D eigenvalue weighted by Crippen LogP contribution is -2.55. The van der Waals surface area contributed by atoms with Crippen LogP contribution in [0.5, 0.6) is 5.75 Å². The Morgan fingerprint density at radius 1 is 1.17 bits per heavy atom. The molecule has 1 atom stereocenters. The summed E-state index contributed by atoms with van der Waals surface area (Å²) in [5.41, 5.74) is 0.321. The molecule has 2 aliphatic rings. The molecule has 2 N–H and O–H groups in total. The van der Waals surface area contributed by atoms with Gasteiger partial charge in [0.2, 0.25) is 5.91 Å². The van der Waals surface area contributed by atoms with Crippen LogP contribution in [0.4, 0.5) is 33.6 Å². The van der Waals surface area contributed by atoms with E-state index in [-0.39, 0.29) is 42.1 Å². The molecule has 1 aliphatic carbocycles. The zero-order valence-electron chi connectivity index (χ0n) is 19.2. The first-order valence-corrected chi connectivity index (χ1v) is 11.3. The molecule has 0 spiro atoms. The molecule has 0 bridgehead atoms. The van der Waals surface area contributed by atoms with Crippen LogP contribution in [0.1, 0.15) is 41.7 Å². The van der Waals surface area contributed by atoms with Crippen molar-refractivity contribution in [1.82, 2.24) is 20.2 Å². The summed E-state index contributed by atoms with van der Waals surface area (Å²) in [5, 5.41) is 5.44. The van der Waals surface area contributed by atoms with Crippen molar-refractivity contribution in [1.29, 1.82) is 0 Å². The molecule has 1 aliphatic heterocycles. The first-order chi connectivity index (χ1) is 16.9. The van der Waals surface area contributed by atoms with Gasteiger partial charge in [0.05, 0.1) is 6.54 Å². The lowest BCUT2D eigenvalue weighted by atomic mass is 9.98. The lowest BCUT2D eigenvalue weighted by Gasteiger charge is -2.39. The van der Waals surface area contributed by atoms with Gasteiger partial charge in [0.25, 0.3) is 11.8 Å². The number of nitrogens with one attached hydrogen (secondary N) is 2. The fourth-order valence-electron chi connectivity index (χ4n) is 3.91. The number of pyridine rings is 2. The zero-order valence-corrected chi connectivity index (χ0v) is 19.2. The number of amides is 2. The Labute approximate surface area is 203 Å². The monoisotopic (exact) mass is 513 g/mol. The fourth-order valence-corrected chi connectivity index (χ4v) is 3.91. The first-order valence-electron chi connectivity index (χ1n) is 11.3. The molecule has 194 valence electrons. The second kappa shape index (κ2) is 9.86. The molecule has 3 heterocycles. The van der Waals surface area contributed by atoms with E-state index in [0.717, 1.165) is 36.1 Å². The number of halogens is 5.